The third-order valence-corrected chi connectivity index (χ3v) is 8.27. The van der Waals surface area contributed by atoms with Gasteiger partial charge in [-0.2, -0.15) is 4.31 Å². The van der Waals surface area contributed by atoms with Gasteiger partial charge in [0.25, 0.3) is 0 Å². The number of carbonyl (C=O) groups is 2. The second kappa shape index (κ2) is 8.96. The number of hydrogen-bond acceptors (Lipinski definition) is 4. The van der Waals surface area contributed by atoms with Crippen LogP contribution in [-0.4, -0.2) is 61.7 Å². The Balaban J connectivity index is 1.35. The second-order valence-corrected chi connectivity index (χ2v) is 10.4. The average Bonchev–Trinajstić information content (AvgIpc) is 2.78. The van der Waals surface area contributed by atoms with Crippen molar-refractivity contribution in [1.82, 2.24) is 14.5 Å². The van der Waals surface area contributed by atoms with Crippen LogP contribution in [-0.2, 0) is 19.6 Å². The third-order valence-electron chi connectivity index (χ3n) is 6.38. The zero-order valence-corrected chi connectivity index (χ0v) is 18.6. The molecule has 1 N–H and O–H groups in total. The van der Waals surface area contributed by atoms with Gasteiger partial charge in [-0.05, 0) is 48.6 Å². The summed E-state index contributed by atoms with van der Waals surface area (Å²) in [4.78, 5) is 26.3. The summed E-state index contributed by atoms with van der Waals surface area (Å²) in [6.45, 7) is 3.50. The summed E-state index contributed by atoms with van der Waals surface area (Å²) >= 11 is 0. The van der Waals surface area contributed by atoms with Crippen molar-refractivity contribution in [2.75, 3.05) is 26.2 Å². The van der Waals surface area contributed by atoms with Crippen molar-refractivity contribution in [2.45, 2.75) is 43.5 Å². The van der Waals surface area contributed by atoms with Gasteiger partial charge in [0.2, 0.25) is 21.8 Å². The fourth-order valence-electron chi connectivity index (χ4n) is 4.61. The van der Waals surface area contributed by atoms with Crippen molar-refractivity contribution in [1.29, 1.82) is 0 Å². The first-order chi connectivity index (χ1) is 14.8. The molecule has 0 aromatic heterocycles. The summed E-state index contributed by atoms with van der Waals surface area (Å²) in [7, 11) is -3.58. The number of carbonyl (C=O) groups excluding carboxylic acids is 2. The molecule has 0 radical (unpaired) electrons. The van der Waals surface area contributed by atoms with Crippen molar-refractivity contribution in [3.05, 3.63) is 42.5 Å². The topological polar surface area (TPSA) is 86.8 Å². The van der Waals surface area contributed by atoms with Gasteiger partial charge in [-0.15, -0.1) is 0 Å². The molecule has 2 fully saturated rings. The molecule has 2 saturated heterocycles. The molecular weight excluding hydrogens is 414 g/mol. The van der Waals surface area contributed by atoms with Gasteiger partial charge in [0.1, 0.15) is 0 Å². The maximum absolute atomic E-state index is 13.1. The lowest BCUT2D eigenvalue weighted by molar-refractivity contribution is -0.137. The SMILES string of the molecule is CC(=O)NC1CCN(C(=O)C2CCN(S(=O)(=O)c3ccc4ccccc4c3)CC2)CC1. The third kappa shape index (κ3) is 4.75. The van der Waals surface area contributed by atoms with Crippen LogP contribution in [0.15, 0.2) is 47.4 Å². The summed E-state index contributed by atoms with van der Waals surface area (Å²) < 4.78 is 27.8. The van der Waals surface area contributed by atoms with Gasteiger partial charge in [0.15, 0.2) is 0 Å². The quantitative estimate of drug-likeness (QED) is 0.786. The zero-order chi connectivity index (χ0) is 22.0. The predicted molar refractivity (Wildman–Crippen MR) is 119 cm³/mol. The predicted octanol–water partition coefficient (Wildman–Crippen LogP) is 2.37. The zero-order valence-electron chi connectivity index (χ0n) is 17.8. The molecular formula is C23H29N3O4S. The van der Waals surface area contributed by atoms with E-state index < -0.39 is 10.0 Å². The van der Waals surface area contributed by atoms with Gasteiger partial charge in [-0.25, -0.2) is 8.42 Å². The van der Waals surface area contributed by atoms with E-state index in [0.29, 0.717) is 43.9 Å². The molecule has 0 saturated carbocycles. The summed E-state index contributed by atoms with van der Waals surface area (Å²) in [5, 5.41) is 4.83. The lowest BCUT2D eigenvalue weighted by Gasteiger charge is -2.37. The lowest BCUT2D eigenvalue weighted by Crippen LogP contribution is -2.49. The van der Waals surface area contributed by atoms with Gasteiger partial charge < -0.3 is 10.2 Å². The van der Waals surface area contributed by atoms with Crippen LogP contribution in [0.25, 0.3) is 10.8 Å². The highest BCUT2D eigenvalue weighted by Gasteiger charge is 2.35. The first kappa shape index (κ1) is 21.8. The van der Waals surface area contributed by atoms with Crippen LogP contribution >= 0.6 is 0 Å². The Labute approximate surface area is 183 Å². The molecule has 2 amide bonds. The van der Waals surface area contributed by atoms with Gasteiger partial charge in [0.05, 0.1) is 4.90 Å². The number of fused-ring (bicyclic) bond motifs is 1. The van der Waals surface area contributed by atoms with Crippen LogP contribution in [0.4, 0.5) is 0 Å². The first-order valence-electron chi connectivity index (χ1n) is 10.9. The van der Waals surface area contributed by atoms with Crippen LogP contribution in [0.1, 0.15) is 32.6 Å². The van der Waals surface area contributed by atoms with E-state index in [-0.39, 0.29) is 23.8 Å². The molecule has 8 heteroatoms. The van der Waals surface area contributed by atoms with E-state index in [4.69, 9.17) is 0 Å². The number of nitrogens with one attached hydrogen (secondary N) is 1. The molecule has 4 rings (SSSR count). The van der Waals surface area contributed by atoms with Crippen LogP contribution in [0.3, 0.4) is 0 Å². The van der Waals surface area contributed by atoms with Gasteiger partial charge in [-0.3, -0.25) is 9.59 Å². The van der Waals surface area contributed by atoms with Crippen molar-refractivity contribution in [3.8, 4) is 0 Å². The maximum atomic E-state index is 13.1. The van der Waals surface area contributed by atoms with E-state index in [2.05, 4.69) is 5.32 Å². The summed E-state index contributed by atoms with van der Waals surface area (Å²) in [5.41, 5.74) is 0. The molecule has 31 heavy (non-hydrogen) atoms. The Kier molecular flexibility index (Phi) is 6.29. The van der Waals surface area contributed by atoms with Gasteiger partial charge in [0, 0.05) is 45.1 Å². The molecule has 0 atom stereocenters. The van der Waals surface area contributed by atoms with Gasteiger partial charge in [-0.1, -0.05) is 30.3 Å². The Morgan fingerprint density at radius 3 is 2.19 bits per heavy atom. The number of nitrogens with zero attached hydrogens (tertiary/aromatic N) is 2. The van der Waals surface area contributed by atoms with Crippen molar-refractivity contribution in [2.24, 2.45) is 5.92 Å². The number of hydrogen-bond donors (Lipinski definition) is 1. The maximum Gasteiger partial charge on any atom is 0.243 e. The monoisotopic (exact) mass is 443 g/mol. The van der Waals surface area contributed by atoms with Crippen LogP contribution < -0.4 is 5.32 Å². The van der Waals surface area contributed by atoms with Crippen LogP contribution in [0.5, 0.6) is 0 Å². The minimum absolute atomic E-state index is 0.0372. The number of sulfonamides is 1. The Morgan fingerprint density at radius 2 is 1.55 bits per heavy atom. The van der Waals surface area contributed by atoms with Crippen molar-refractivity contribution < 1.29 is 18.0 Å². The highest BCUT2D eigenvalue weighted by molar-refractivity contribution is 7.89. The molecule has 2 heterocycles. The average molecular weight is 444 g/mol. The number of rotatable bonds is 4. The molecule has 2 aromatic carbocycles. The Morgan fingerprint density at radius 1 is 0.903 bits per heavy atom. The van der Waals surface area contributed by atoms with E-state index in [9.17, 15) is 18.0 Å². The second-order valence-electron chi connectivity index (χ2n) is 8.49. The molecule has 0 aliphatic carbocycles. The number of benzene rings is 2. The van der Waals surface area contributed by atoms with E-state index in [1.807, 2.05) is 35.2 Å². The number of likely N-dealkylation sites (tertiary alicyclic amines) is 1. The van der Waals surface area contributed by atoms with Crippen molar-refractivity contribution in [3.63, 3.8) is 0 Å². The van der Waals surface area contributed by atoms with E-state index in [1.165, 1.54) is 11.2 Å². The van der Waals surface area contributed by atoms with E-state index in [1.54, 1.807) is 12.1 Å². The minimum atomic E-state index is -3.58. The highest BCUT2D eigenvalue weighted by Crippen LogP contribution is 2.27. The molecule has 0 unspecified atom stereocenters. The van der Waals surface area contributed by atoms with E-state index in [0.717, 1.165) is 23.6 Å². The molecule has 7 nitrogen and oxygen atoms in total. The first-order valence-corrected chi connectivity index (χ1v) is 12.3. The minimum Gasteiger partial charge on any atom is -0.353 e. The van der Waals surface area contributed by atoms with Crippen molar-refractivity contribution >= 4 is 32.6 Å². The normalized spacial score (nSPS) is 19.5. The van der Waals surface area contributed by atoms with Gasteiger partial charge >= 0.3 is 0 Å². The standard InChI is InChI=1S/C23H29N3O4S/c1-17(27)24-21-10-12-25(13-11-21)23(28)19-8-14-26(15-9-19)31(29,30)22-7-6-18-4-2-3-5-20(18)16-22/h2-7,16,19,21H,8-15H2,1H3,(H,24,27). The largest absolute Gasteiger partial charge is 0.353 e. The number of piperidine rings is 2. The van der Waals surface area contributed by atoms with Crippen LogP contribution in [0, 0.1) is 5.92 Å². The summed E-state index contributed by atoms with van der Waals surface area (Å²) in [5.74, 6) is -0.0610. The summed E-state index contributed by atoms with van der Waals surface area (Å²) in [6, 6.07) is 13.1. The molecule has 2 aliphatic heterocycles. The Hall–Kier alpha value is -2.45. The Bertz CT molecular complexity index is 1070. The molecule has 2 aromatic rings. The molecule has 0 bridgehead atoms. The fraction of sp³-hybridized carbons (Fsp3) is 0.478. The summed E-state index contributed by atoms with van der Waals surface area (Å²) in [6.07, 6.45) is 2.61. The van der Waals surface area contributed by atoms with Crippen LogP contribution in [0.2, 0.25) is 0 Å². The molecule has 166 valence electrons. The molecule has 0 spiro atoms. The fourth-order valence-corrected chi connectivity index (χ4v) is 6.12. The highest BCUT2D eigenvalue weighted by atomic mass is 32.2. The lowest BCUT2D eigenvalue weighted by atomic mass is 9.95. The molecule has 2 aliphatic rings. The van der Waals surface area contributed by atoms with E-state index >= 15 is 0 Å². The smallest absolute Gasteiger partial charge is 0.243 e. The number of amides is 2.